The van der Waals surface area contributed by atoms with E-state index in [2.05, 4.69) is 119 Å². The van der Waals surface area contributed by atoms with Gasteiger partial charge in [-0.15, -0.1) is 47.9 Å². The van der Waals surface area contributed by atoms with E-state index in [1.54, 1.807) is 0 Å². The molecule has 0 bridgehead atoms. The fraction of sp³-hybridized carbons (Fsp3) is 0.0465. The van der Waals surface area contributed by atoms with Crippen LogP contribution in [0.2, 0.25) is 0 Å². The van der Waals surface area contributed by atoms with Gasteiger partial charge >= 0.3 is 28.4 Å². The molecule has 0 amide bonds. The number of hydrogen-bond donors (Lipinski definition) is 0. The minimum atomic E-state index is 0. The van der Waals surface area contributed by atoms with E-state index in [4.69, 9.17) is 0 Å². The van der Waals surface area contributed by atoms with Crippen molar-refractivity contribution >= 4 is 29.0 Å². The van der Waals surface area contributed by atoms with Gasteiger partial charge in [0.15, 0.2) is 0 Å². The molecule has 230 valence electrons. The van der Waals surface area contributed by atoms with Gasteiger partial charge in [-0.25, -0.2) is 12.2 Å². The Labute approximate surface area is 302 Å². The second-order valence-corrected chi connectivity index (χ2v) is 9.71. The maximum Gasteiger partial charge on any atom is -0.0253 e. The standard InChI is InChI=1S/C13H9.2C12H9.C5H5.CH2.2ClH.Zr/c1-3-7-12-10(5-1)9-11-6-2-4-8-13(11)12;2*1-3-7-11(8-4-1)12-9-5-2-6-10-12;1-2-4-5-3-1;;;;/h1-5,7-8H,9H2;2*1,3-10H;1-3H,4H2;1H2;2*1H;/q4*-1;;;;. The monoisotopic (exact) mass is 712 g/mol. The Kier molecular flexibility index (Phi) is 18.8. The first-order valence-corrected chi connectivity index (χ1v) is 16.3. The summed E-state index contributed by atoms with van der Waals surface area (Å²) < 4.78 is 3.34. The van der Waals surface area contributed by atoms with E-state index in [0.29, 0.717) is 0 Å². The minimum absolute atomic E-state index is 0. The molecule has 0 aliphatic heterocycles. The Morgan fingerprint density at radius 2 is 0.978 bits per heavy atom. The van der Waals surface area contributed by atoms with E-state index in [-0.39, 0.29) is 24.8 Å². The summed E-state index contributed by atoms with van der Waals surface area (Å²) in [7, 11) is 0. The maximum atomic E-state index is 3.34. The first-order valence-electron chi connectivity index (χ1n) is 14.6. The number of rotatable bonds is 2. The molecule has 0 spiro atoms. The molecule has 0 N–H and O–H groups in total. The Morgan fingerprint density at radius 1 is 0.500 bits per heavy atom. The van der Waals surface area contributed by atoms with Gasteiger partial charge in [0.05, 0.1) is 0 Å². The molecular formula is C43H36Cl2Zr-4. The van der Waals surface area contributed by atoms with Crippen molar-refractivity contribution in [2.24, 2.45) is 0 Å². The molecule has 0 fully saturated rings. The molecule has 3 heteroatoms. The van der Waals surface area contributed by atoms with Crippen LogP contribution in [-0.2, 0) is 30.7 Å². The maximum absolute atomic E-state index is 3.34. The zero-order valence-corrected chi connectivity index (χ0v) is 29.7. The quantitative estimate of drug-likeness (QED) is 0.156. The SMILES string of the molecule is Cl.Cl.[C-]1=CC=CC1.[CH2]=[Zr].[c-]1ccc(-c2ccccc2)cc1.[c-]1ccc(-c2ccccc2)cc1.[c-]1cccc2c1Cc1ccccc1-2. The Bertz CT molecular complexity index is 1510. The van der Waals surface area contributed by atoms with E-state index < -0.39 is 0 Å². The number of benzene rings is 6. The molecule has 0 saturated carbocycles. The average Bonchev–Trinajstić information content (AvgIpc) is 3.84. The first kappa shape index (κ1) is 38.3. The Hall–Kier alpha value is -3.87. The molecule has 2 aliphatic rings. The van der Waals surface area contributed by atoms with Crippen LogP contribution < -0.4 is 0 Å². The van der Waals surface area contributed by atoms with Crippen LogP contribution in [-0.4, -0.2) is 4.21 Å². The summed E-state index contributed by atoms with van der Waals surface area (Å²) >= 11 is 1.30. The molecule has 0 heterocycles. The second kappa shape index (κ2) is 22.6. The third-order valence-corrected chi connectivity index (χ3v) is 6.85. The zero-order chi connectivity index (χ0) is 30.7. The summed E-state index contributed by atoms with van der Waals surface area (Å²) in [5.74, 6) is 0. The van der Waals surface area contributed by atoms with E-state index in [9.17, 15) is 0 Å². The number of allylic oxidation sites excluding steroid dienone is 4. The van der Waals surface area contributed by atoms with Crippen molar-refractivity contribution in [2.45, 2.75) is 12.8 Å². The molecule has 0 unspecified atom stereocenters. The van der Waals surface area contributed by atoms with E-state index in [1.807, 2.05) is 78.9 Å². The van der Waals surface area contributed by atoms with Gasteiger partial charge in [0.2, 0.25) is 0 Å². The van der Waals surface area contributed by atoms with Crippen LogP contribution in [0, 0.1) is 24.3 Å². The molecular weight excluding hydrogens is 679 g/mol. The van der Waals surface area contributed by atoms with Crippen molar-refractivity contribution in [3.05, 3.63) is 205 Å². The summed E-state index contributed by atoms with van der Waals surface area (Å²) in [4.78, 5) is 0. The van der Waals surface area contributed by atoms with Crippen molar-refractivity contribution in [3.63, 3.8) is 0 Å². The predicted octanol–water partition coefficient (Wildman–Crippen LogP) is 11.5. The number of halogens is 2. The van der Waals surface area contributed by atoms with Crippen molar-refractivity contribution in [1.82, 2.24) is 0 Å². The smallest absolute Gasteiger partial charge is 0.0253 e. The van der Waals surface area contributed by atoms with Gasteiger partial charge in [-0.1, -0.05) is 96.1 Å². The summed E-state index contributed by atoms with van der Waals surface area (Å²) in [6.07, 6.45) is 11.0. The van der Waals surface area contributed by atoms with Crippen molar-refractivity contribution in [2.75, 3.05) is 0 Å². The zero-order valence-electron chi connectivity index (χ0n) is 25.6. The van der Waals surface area contributed by atoms with Gasteiger partial charge < -0.3 is 0 Å². The van der Waals surface area contributed by atoms with Crippen molar-refractivity contribution in [3.8, 4) is 33.4 Å². The van der Waals surface area contributed by atoms with Crippen molar-refractivity contribution in [1.29, 1.82) is 0 Å². The molecule has 6 aromatic carbocycles. The van der Waals surface area contributed by atoms with Crippen molar-refractivity contribution < 1.29 is 24.2 Å². The number of fused-ring (bicyclic) bond motifs is 3. The second-order valence-electron chi connectivity index (χ2n) is 9.71. The molecule has 6 aromatic rings. The number of hydrogen-bond acceptors (Lipinski definition) is 0. The molecule has 0 atom stereocenters. The van der Waals surface area contributed by atoms with E-state index >= 15 is 0 Å². The minimum Gasteiger partial charge on any atom is -0.184 e. The Balaban J connectivity index is 0.000000214. The fourth-order valence-corrected chi connectivity index (χ4v) is 4.76. The van der Waals surface area contributed by atoms with Gasteiger partial charge in [0.25, 0.3) is 0 Å². The third-order valence-electron chi connectivity index (χ3n) is 6.85. The van der Waals surface area contributed by atoms with Crippen LogP contribution in [0.5, 0.6) is 0 Å². The topological polar surface area (TPSA) is 0 Å². The van der Waals surface area contributed by atoms with Gasteiger partial charge in [-0.3, -0.25) is 6.08 Å². The van der Waals surface area contributed by atoms with Crippen LogP contribution in [0.3, 0.4) is 0 Å². The normalized spacial score (nSPS) is 10.5. The summed E-state index contributed by atoms with van der Waals surface area (Å²) in [5, 5.41) is 0. The predicted molar refractivity (Wildman–Crippen MR) is 198 cm³/mol. The van der Waals surface area contributed by atoms with Crippen LogP contribution in [0.25, 0.3) is 33.4 Å². The molecule has 46 heavy (non-hydrogen) atoms. The van der Waals surface area contributed by atoms with Crippen LogP contribution in [0.4, 0.5) is 0 Å². The molecule has 0 nitrogen and oxygen atoms in total. The van der Waals surface area contributed by atoms with Gasteiger partial charge in [0, 0.05) is 0 Å². The van der Waals surface area contributed by atoms with Gasteiger partial charge in [0.1, 0.15) is 0 Å². The summed E-state index contributed by atoms with van der Waals surface area (Å²) in [5.41, 5.74) is 10.5. The summed E-state index contributed by atoms with van der Waals surface area (Å²) in [6.45, 7) is 0. The average molecular weight is 715 g/mol. The fourth-order valence-electron chi connectivity index (χ4n) is 4.76. The van der Waals surface area contributed by atoms with Crippen LogP contribution in [0.15, 0.2) is 170 Å². The molecule has 0 aromatic heterocycles. The molecule has 0 radical (unpaired) electrons. The van der Waals surface area contributed by atoms with Gasteiger partial charge in [-0.2, -0.15) is 96.6 Å². The summed E-state index contributed by atoms with van der Waals surface area (Å²) in [6, 6.07) is 60.8. The first-order chi connectivity index (χ1) is 21.9. The Morgan fingerprint density at radius 3 is 1.46 bits per heavy atom. The van der Waals surface area contributed by atoms with Crippen LogP contribution in [0.1, 0.15) is 17.5 Å². The third kappa shape index (κ3) is 12.1. The molecule has 8 rings (SSSR count). The van der Waals surface area contributed by atoms with E-state index in [1.165, 1.54) is 68.7 Å². The van der Waals surface area contributed by atoms with Gasteiger partial charge in [-0.05, 0) is 17.5 Å². The van der Waals surface area contributed by atoms with E-state index in [0.717, 1.165) is 12.8 Å². The molecule has 2 aliphatic carbocycles. The molecule has 0 saturated heterocycles. The van der Waals surface area contributed by atoms with Crippen LogP contribution >= 0.6 is 24.8 Å². The largest absolute Gasteiger partial charge is 0.184 e.